The number of aromatic nitrogens is 4. The molecule has 0 aliphatic carbocycles. The van der Waals surface area contributed by atoms with E-state index in [1.54, 1.807) is 17.6 Å². The first-order chi connectivity index (χ1) is 13.2. The fraction of sp³-hybridized carbons (Fsp3) is 0.312. The van der Waals surface area contributed by atoms with Crippen LogP contribution in [0.4, 0.5) is 15.5 Å². The molecular formula is C16H16FN7O2S. The van der Waals surface area contributed by atoms with Crippen LogP contribution in [-0.4, -0.2) is 63.9 Å². The summed E-state index contributed by atoms with van der Waals surface area (Å²) in [5.41, 5.74) is 2.26. The zero-order valence-corrected chi connectivity index (χ0v) is 15.0. The van der Waals surface area contributed by atoms with E-state index >= 15 is 0 Å². The standard InChI is InChI=1S/C16H16FN7O2S/c17-12-3-1-11(2-4-12)14-20-16(26-22-14)24-7-5-23(6-8-24)9-13(25)19-15-21-18-10-27-15/h1-4,10H,5-9H2,(H,19,21,25). The number of piperazine rings is 1. The molecular weight excluding hydrogens is 373 g/mol. The van der Waals surface area contributed by atoms with E-state index in [4.69, 9.17) is 4.52 Å². The lowest BCUT2D eigenvalue weighted by Crippen LogP contribution is -2.48. The highest BCUT2D eigenvalue weighted by molar-refractivity contribution is 7.13. The Balaban J connectivity index is 1.30. The summed E-state index contributed by atoms with van der Waals surface area (Å²) in [6.45, 7) is 3.00. The highest BCUT2D eigenvalue weighted by atomic mass is 32.1. The Morgan fingerprint density at radius 3 is 2.70 bits per heavy atom. The number of amides is 1. The van der Waals surface area contributed by atoms with Crippen molar-refractivity contribution in [2.24, 2.45) is 0 Å². The molecule has 11 heteroatoms. The molecule has 27 heavy (non-hydrogen) atoms. The van der Waals surface area contributed by atoms with Crippen LogP contribution < -0.4 is 10.2 Å². The minimum absolute atomic E-state index is 0.114. The third-order valence-electron chi connectivity index (χ3n) is 4.13. The zero-order chi connectivity index (χ0) is 18.6. The van der Waals surface area contributed by atoms with Gasteiger partial charge in [-0.2, -0.15) is 4.98 Å². The molecule has 1 N–H and O–H groups in total. The molecule has 140 valence electrons. The van der Waals surface area contributed by atoms with E-state index in [1.165, 1.54) is 23.5 Å². The zero-order valence-electron chi connectivity index (χ0n) is 14.2. The van der Waals surface area contributed by atoms with Gasteiger partial charge in [-0.05, 0) is 24.3 Å². The number of carbonyl (C=O) groups excluding carboxylic acids is 1. The second-order valence-corrected chi connectivity index (χ2v) is 6.80. The van der Waals surface area contributed by atoms with Gasteiger partial charge in [0.1, 0.15) is 11.3 Å². The van der Waals surface area contributed by atoms with Gasteiger partial charge >= 0.3 is 6.01 Å². The van der Waals surface area contributed by atoms with Gasteiger partial charge in [-0.1, -0.05) is 16.5 Å². The predicted octanol–water partition coefficient (Wildman–Crippen LogP) is 1.49. The van der Waals surface area contributed by atoms with Gasteiger partial charge in [-0.3, -0.25) is 15.0 Å². The van der Waals surface area contributed by atoms with E-state index in [9.17, 15) is 9.18 Å². The van der Waals surface area contributed by atoms with E-state index in [-0.39, 0.29) is 18.3 Å². The summed E-state index contributed by atoms with van der Waals surface area (Å²) in [5.74, 6) is -0.00537. The number of anilines is 2. The second kappa shape index (κ2) is 7.76. The van der Waals surface area contributed by atoms with Crippen LogP contribution in [0.3, 0.4) is 0 Å². The fourth-order valence-electron chi connectivity index (χ4n) is 2.75. The molecule has 0 atom stereocenters. The Kier molecular flexibility index (Phi) is 5.03. The molecule has 9 nitrogen and oxygen atoms in total. The van der Waals surface area contributed by atoms with E-state index in [0.29, 0.717) is 48.7 Å². The van der Waals surface area contributed by atoms with Gasteiger partial charge in [0.05, 0.1) is 6.54 Å². The first-order valence-corrected chi connectivity index (χ1v) is 9.18. The first-order valence-electron chi connectivity index (χ1n) is 8.30. The van der Waals surface area contributed by atoms with Gasteiger partial charge in [0, 0.05) is 31.7 Å². The maximum absolute atomic E-state index is 13.0. The molecule has 1 aliphatic rings. The fourth-order valence-corrected chi connectivity index (χ4v) is 3.21. The van der Waals surface area contributed by atoms with Crippen molar-refractivity contribution >= 4 is 28.4 Å². The summed E-state index contributed by atoms with van der Waals surface area (Å²) >= 11 is 1.28. The summed E-state index contributed by atoms with van der Waals surface area (Å²) in [6.07, 6.45) is 0. The molecule has 1 fully saturated rings. The summed E-state index contributed by atoms with van der Waals surface area (Å²) in [7, 11) is 0. The van der Waals surface area contributed by atoms with Gasteiger partial charge in [0.25, 0.3) is 0 Å². The maximum atomic E-state index is 13.0. The molecule has 0 bridgehead atoms. The predicted molar refractivity (Wildman–Crippen MR) is 96.9 cm³/mol. The Morgan fingerprint density at radius 2 is 2.00 bits per heavy atom. The Bertz CT molecular complexity index is 892. The van der Waals surface area contributed by atoms with E-state index in [0.717, 1.165) is 0 Å². The van der Waals surface area contributed by atoms with E-state index < -0.39 is 0 Å². The average molecular weight is 389 g/mol. The minimum Gasteiger partial charge on any atom is -0.322 e. The van der Waals surface area contributed by atoms with Crippen LogP contribution in [0.5, 0.6) is 0 Å². The van der Waals surface area contributed by atoms with Crippen LogP contribution in [0.15, 0.2) is 34.3 Å². The summed E-state index contributed by atoms with van der Waals surface area (Å²) in [5, 5.41) is 14.7. The highest BCUT2D eigenvalue weighted by Crippen LogP contribution is 2.21. The van der Waals surface area contributed by atoms with Crippen molar-refractivity contribution in [3.63, 3.8) is 0 Å². The van der Waals surface area contributed by atoms with Crippen LogP contribution in [0, 0.1) is 5.82 Å². The van der Waals surface area contributed by atoms with Gasteiger partial charge < -0.3 is 9.42 Å². The molecule has 1 amide bonds. The van der Waals surface area contributed by atoms with Crippen LogP contribution in [-0.2, 0) is 4.79 Å². The van der Waals surface area contributed by atoms with Crippen LogP contribution in [0.2, 0.25) is 0 Å². The molecule has 0 radical (unpaired) electrons. The molecule has 0 unspecified atom stereocenters. The topological polar surface area (TPSA) is 100 Å². The molecule has 3 aromatic rings. The number of hydrogen-bond acceptors (Lipinski definition) is 9. The lowest BCUT2D eigenvalue weighted by atomic mass is 10.2. The van der Waals surface area contributed by atoms with Crippen molar-refractivity contribution in [3.8, 4) is 11.4 Å². The minimum atomic E-state index is -0.311. The molecule has 0 saturated carbocycles. The third kappa shape index (κ3) is 4.26. The van der Waals surface area contributed by atoms with Crippen molar-refractivity contribution < 1.29 is 13.7 Å². The summed E-state index contributed by atoms with van der Waals surface area (Å²) in [4.78, 5) is 20.4. The van der Waals surface area contributed by atoms with Crippen LogP contribution >= 0.6 is 11.3 Å². The highest BCUT2D eigenvalue weighted by Gasteiger charge is 2.23. The Labute approximate surface area is 157 Å². The van der Waals surface area contributed by atoms with Crippen molar-refractivity contribution in [2.45, 2.75) is 0 Å². The number of hydrogen-bond donors (Lipinski definition) is 1. The van der Waals surface area contributed by atoms with E-state index in [2.05, 4.69) is 25.7 Å². The molecule has 1 aromatic carbocycles. The first kappa shape index (κ1) is 17.5. The number of nitrogens with zero attached hydrogens (tertiary/aromatic N) is 6. The number of carbonyl (C=O) groups is 1. The monoisotopic (exact) mass is 389 g/mol. The van der Waals surface area contributed by atoms with Gasteiger partial charge in [-0.25, -0.2) is 4.39 Å². The molecule has 1 saturated heterocycles. The summed E-state index contributed by atoms with van der Waals surface area (Å²) < 4.78 is 18.4. The van der Waals surface area contributed by atoms with E-state index in [1.807, 2.05) is 9.80 Å². The largest absolute Gasteiger partial charge is 0.324 e. The molecule has 4 rings (SSSR count). The SMILES string of the molecule is O=C(CN1CCN(c2nc(-c3ccc(F)cc3)no2)CC1)Nc1nncs1. The average Bonchev–Trinajstić information content (AvgIpc) is 3.35. The van der Waals surface area contributed by atoms with Crippen LogP contribution in [0.25, 0.3) is 11.4 Å². The lowest BCUT2D eigenvalue weighted by Gasteiger charge is -2.32. The van der Waals surface area contributed by atoms with Crippen molar-refractivity contribution in [2.75, 3.05) is 42.9 Å². The second-order valence-electron chi connectivity index (χ2n) is 5.96. The lowest BCUT2D eigenvalue weighted by molar-refractivity contribution is -0.117. The number of nitrogens with one attached hydrogen (secondary N) is 1. The molecule has 3 heterocycles. The molecule has 1 aliphatic heterocycles. The number of benzene rings is 1. The van der Waals surface area contributed by atoms with Crippen molar-refractivity contribution in [1.29, 1.82) is 0 Å². The van der Waals surface area contributed by atoms with Gasteiger partial charge in [-0.15, -0.1) is 10.2 Å². The quantitative estimate of drug-likeness (QED) is 0.701. The smallest absolute Gasteiger partial charge is 0.322 e. The van der Waals surface area contributed by atoms with Crippen molar-refractivity contribution in [3.05, 3.63) is 35.6 Å². The third-order valence-corrected chi connectivity index (χ3v) is 4.74. The Hall–Kier alpha value is -2.92. The van der Waals surface area contributed by atoms with Crippen molar-refractivity contribution in [1.82, 2.24) is 25.2 Å². The maximum Gasteiger partial charge on any atom is 0.324 e. The normalized spacial score (nSPS) is 15.1. The Morgan fingerprint density at radius 1 is 1.22 bits per heavy atom. The molecule has 2 aromatic heterocycles. The molecule has 0 spiro atoms. The van der Waals surface area contributed by atoms with Gasteiger partial charge in [0.2, 0.25) is 16.9 Å². The van der Waals surface area contributed by atoms with Crippen LogP contribution in [0.1, 0.15) is 0 Å². The van der Waals surface area contributed by atoms with Gasteiger partial charge in [0.15, 0.2) is 0 Å². The number of rotatable bonds is 5. The number of halogens is 1. The summed E-state index contributed by atoms with van der Waals surface area (Å²) in [6, 6.07) is 6.36.